The van der Waals surface area contributed by atoms with Crippen molar-refractivity contribution in [2.45, 2.75) is 44.4 Å². The standard InChI is InChI=1S/C15H23NO3/c1-2-16-15(11-18)7-6-14(9-15)19-13-5-3-4-12(8-13)10-17/h3-5,8,14,16-18H,2,6-7,9-11H2,1H3. The number of hydrogen-bond acceptors (Lipinski definition) is 4. The molecule has 4 nitrogen and oxygen atoms in total. The molecule has 0 aliphatic heterocycles. The quantitative estimate of drug-likeness (QED) is 0.728. The predicted octanol–water partition coefficient (Wildman–Crippen LogP) is 1.45. The number of benzene rings is 1. The Balaban J connectivity index is 1.97. The molecule has 2 rings (SSSR count). The van der Waals surface area contributed by atoms with Crippen LogP contribution < -0.4 is 10.1 Å². The molecular formula is C15H23NO3. The minimum atomic E-state index is -0.187. The molecule has 0 aromatic heterocycles. The molecule has 1 aromatic rings. The summed E-state index contributed by atoms with van der Waals surface area (Å²) in [6, 6.07) is 7.54. The van der Waals surface area contributed by atoms with Gasteiger partial charge in [0.25, 0.3) is 0 Å². The smallest absolute Gasteiger partial charge is 0.120 e. The van der Waals surface area contributed by atoms with Crippen LogP contribution in [0.5, 0.6) is 5.75 Å². The second-order valence-corrected chi connectivity index (χ2v) is 5.26. The monoisotopic (exact) mass is 265 g/mol. The molecule has 1 fully saturated rings. The molecule has 0 amide bonds. The van der Waals surface area contributed by atoms with Gasteiger partial charge in [0.05, 0.1) is 13.2 Å². The number of hydrogen-bond donors (Lipinski definition) is 3. The van der Waals surface area contributed by atoms with E-state index in [4.69, 9.17) is 9.84 Å². The van der Waals surface area contributed by atoms with E-state index in [0.29, 0.717) is 0 Å². The first-order valence-electron chi connectivity index (χ1n) is 6.94. The fraction of sp³-hybridized carbons (Fsp3) is 0.600. The van der Waals surface area contributed by atoms with Gasteiger partial charge in [-0.2, -0.15) is 0 Å². The summed E-state index contributed by atoms with van der Waals surface area (Å²) in [6.07, 6.45) is 2.82. The molecule has 2 unspecified atom stereocenters. The van der Waals surface area contributed by atoms with Crippen LogP contribution in [0, 0.1) is 0 Å². The summed E-state index contributed by atoms with van der Waals surface area (Å²) in [5.74, 6) is 0.793. The predicted molar refractivity (Wildman–Crippen MR) is 74.1 cm³/mol. The average molecular weight is 265 g/mol. The number of aliphatic hydroxyl groups is 2. The lowest BCUT2D eigenvalue weighted by atomic mass is 9.99. The maximum absolute atomic E-state index is 9.56. The molecule has 0 bridgehead atoms. The van der Waals surface area contributed by atoms with Crippen molar-refractivity contribution in [1.29, 1.82) is 0 Å². The first kappa shape index (κ1) is 14.3. The lowest BCUT2D eigenvalue weighted by molar-refractivity contribution is 0.142. The third-order valence-electron chi connectivity index (χ3n) is 3.80. The normalized spacial score (nSPS) is 26.6. The fourth-order valence-corrected chi connectivity index (χ4v) is 2.82. The Morgan fingerprint density at radius 2 is 2.26 bits per heavy atom. The number of ether oxygens (including phenoxy) is 1. The minimum Gasteiger partial charge on any atom is -0.490 e. The van der Waals surface area contributed by atoms with E-state index < -0.39 is 0 Å². The second kappa shape index (κ2) is 6.37. The highest BCUT2D eigenvalue weighted by Gasteiger charge is 2.39. The molecule has 19 heavy (non-hydrogen) atoms. The summed E-state index contributed by atoms with van der Waals surface area (Å²) in [7, 11) is 0. The highest BCUT2D eigenvalue weighted by Crippen LogP contribution is 2.32. The van der Waals surface area contributed by atoms with E-state index in [1.165, 1.54) is 0 Å². The molecule has 0 heterocycles. The molecule has 0 spiro atoms. The Morgan fingerprint density at radius 1 is 1.42 bits per heavy atom. The van der Waals surface area contributed by atoms with Crippen LogP contribution in [0.1, 0.15) is 31.7 Å². The van der Waals surface area contributed by atoms with Crippen molar-refractivity contribution < 1.29 is 14.9 Å². The van der Waals surface area contributed by atoms with Gasteiger partial charge in [-0.25, -0.2) is 0 Å². The summed E-state index contributed by atoms with van der Waals surface area (Å²) in [5, 5.41) is 22.1. The summed E-state index contributed by atoms with van der Waals surface area (Å²) >= 11 is 0. The fourth-order valence-electron chi connectivity index (χ4n) is 2.82. The van der Waals surface area contributed by atoms with Gasteiger partial charge in [-0.15, -0.1) is 0 Å². The first-order valence-corrected chi connectivity index (χ1v) is 6.94. The van der Waals surface area contributed by atoms with Gasteiger partial charge in [0.1, 0.15) is 11.9 Å². The van der Waals surface area contributed by atoms with E-state index >= 15 is 0 Å². The molecule has 1 aliphatic rings. The zero-order chi connectivity index (χ0) is 13.7. The highest BCUT2D eigenvalue weighted by atomic mass is 16.5. The maximum Gasteiger partial charge on any atom is 0.120 e. The van der Waals surface area contributed by atoms with E-state index in [1.807, 2.05) is 24.3 Å². The van der Waals surface area contributed by atoms with Crippen molar-refractivity contribution in [2.75, 3.05) is 13.2 Å². The third kappa shape index (κ3) is 3.47. The van der Waals surface area contributed by atoms with Crippen LogP contribution in [-0.2, 0) is 6.61 Å². The van der Waals surface area contributed by atoms with Gasteiger partial charge in [0, 0.05) is 12.0 Å². The molecule has 1 aliphatic carbocycles. The molecule has 3 N–H and O–H groups in total. The number of rotatable bonds is 6. The largest absolute Gasteiger partial charge is 0.490 e. The minimum absolute atomic E-state index is 0.0276. The van der Waals surface area contributed by atoms with Gasteiger partial charge in [-0.3, -0.25) is 0 Å². The molecular weight excluding hydrogens is 242 g/mol. The lowest BCUT2D eigenvalue weighted by Crippen LogP contribution is -2.46. The molecule has 1 saturated carbocycles. The summed E-state index contributed by atoms with van der Waals surface area (Å²) in [6.45, 7) is 3.08. The number of nitrogens with one attached hydrogen (secondary N) is 1. The van der Waals surface area contributed by atoms with Crippen LogP contribution in [0.25, 0.3) is 0 Å². The summed E-state index contributed by atoms with van der Waals surface area (Å²) in [5.41, 5.74) is 0.671. The van der Waals surface area contributed by atoms with Crippen LogP contribution in [-0.4, -0.2) is 35.0 Å². The topological polar surface area (TPSA) is 61.7 Å². The number of likely N-dealkylation sites (N-methyl/N-ethyl adjacent to an activating group) is 1. The maximum atomic E-state index is 9.56. The van der Waals surface area contributed by atoms with E-state index in [9.17, 15) is 5.11 Å². The van der Waals surface area contributed by atoms with Crippen LogP contribution in [0.4, 0.5) is 0 Å². The molecule has 4 heteroatoms. The SMILES string of the molecule is CCNC1(CO)CCC(Oc2cccc(CO)c2)C1. The summed E-state index contributed by atoms with van der Waals surface area (Å²) in [4.78, 5) is 0. The van der Waals surface area contributed by atoms with E-state index in [-0.39, 0.29) is 24.9 Å². The van der Waals surface area contributed by atoms with Gasteiger partial charge in [-0.05, 0) is 37.1 Å². The van der Waals surface area contributed by atoms with Gasteiger partial charge in [-0.1, -0.05) is 19.1 Å². The van der Waals surface area contributed by atoms with Crippen molar-refractivity contribution >= 4 is 0 Å². The van der Waals surface area contributed by atoms with Gasteiger partial charge < -0.3 is 20.3 Å². The van der Waals surface area contributed by atoms with Gasteiger partial charge >= 0.3 is 0 Å². The molecule has 0 saturated heterocycles. The van der Waals surface area contributed by atoms with Crippen LogP contribution in [0.15, 0.2) is 24.3 Å². The third-order valence-corrected chi connectivity index (χ3v) is 3.80. The Morgan fingerprint density at radius 3 is 2.95 bits per heavy atom. The van der Waals surface area contributed by atoms with Crippen molar-refractivity contribution in [3.63, 3.8) is 0 Å². The zero-order valence-electron chi connectivity index (χ0n) is 11.4. The van der Waals surface area contributed by atoms with Crippen molar-refractivity contribution in [3.05, 3.63) is 29.8 Å². The molecule has 2 atom stereocenters. The lowest BCUT2D eigenvalue weighted by Gasteiger charge is -2.27. The zero-order valence-corrected chi connectivity index (χ0v) is 11.4. The molecule has 1 aromatic carbocycles. The van der Waals surface area contributed by atoms with Crippen molar-refractivity contribution in [2.24, 2.45) is 0 Å². The molecule has 106 valence electrons. The Bertz CT molecular complexity index is 410. The van der Waals surface area contributed by atoms with Crippen molar-refractivity contribution in [3.8, 4) is 5.75 Å². The highest BCUT2D eigenvalue weighted by molar-refractivity contribution is 5.28. The first-order chi connectivity index (χ1) is 9.21. The second-order valence-electron chi connectivity index (χ2n) is 5.26. The van der Waals surface area contributed by atoms with Crippen LogP contribution in [0.2, 0.25) is 0 Å². The average Bonchev–Trinajstić information content (AvgIpc) is 2.83. The van der Waals surface area contributed by atoms with Crippen LogP contribution >= 0.6 is 0 Å². The Labute approximate surface area is 114 Å². The summed E-state index contributed by atoms with van der Waals surface area (Å²) < 4.78 is 5.96. The number of aliphatic hydroxyl groups excluding tert-OH is 2. The van der Waals surface area contributed by atoms with Gasteiger partial charge in [0.2, 0.25) is 0 Å². The van der Waals surface area contributed by atoms with E-state index in [0.717, 1.165) is 37.1 Å². The molecule has 0 radical (unpaired) electrons. The van der Waals surface area contributed by atoms with Gasteiger partial charge in [0.15, 0.2) is 0 Å². The van der Waals surface area contributed by atoms with E-state index in [2.05, 4.69) is 12.2 Å². The Kier molecular flexibility index (Phi) is 4.80. The Hall–Kier alpha value is -1.10. The van der Waals surface area contributed by atoms with Crippen molar-refractivity contribution in [1.82, 2.24) is 5.32 Å². The van der Waals surface area contributed by atoms with Crippen LogP contribution in [0.3, 0.4) is 0 Å². The van der Waals surface area contributed by atoms with E-state index in [1.54, 1.807) is 0 Å².